The minimum atomic E-state index is 0.130. The van der Waals surface area contributed by atoms with Gasteiger partial charge in [0.25, 0.3) is 5.91 Å². The lowest BCUT2D eigenvalue weighted by Gasteiger charge is -2.25. The number of nitrogens with zero attached hydrogens (tertiary/aromatic N) is 1. The largest absolute Gasteiger partial charge is 0.376 e. The van der Waals surface area contributed by atoms with E-state index >= 15 is 0 Å². The van der Waals surface area contributed by atoms with E-state index in [-0.39, 0.29) is 12.0 Å². The minimum Gasteiger partial charge on any atom is -0.376 e. The molecule has 0 radical (unpaired) electrons. The smallest absolute Gasteiger partial charge is 0.255 e. The van der Waals surface area contributed by atoms with Crippen LogP contribution in [0.1, 0.15) is 37.8 Å². The minimum absolute atomic E-state index is 0.130. The molecular formula is C17H21NO2S2. The van der Waals surface area contributed by atoms with Crippen molar-refractivity contribution in [1.82, 2.24) is 4.90 Å². The maximum absolute atomic E-state index is 13.0. The van der Waals surface area contributed by atoms with Gasteiger partial charge in [0, 0.05) is 27.8 Å². The van der Waals surface area contributed by atoms with Gasteiger partial charge in [0.05, 0.1) is 18.2 Å². The van der Waals surface area contributed by atoms with Crippen molar-refractivity contribution in [2.24, 2.45) is 0 Å². The fraction of sp³-hybridized carbons (Fsp3) is 0.471. The van der Waals surface area contributed by atoms with Gasteiger partial charge in [-0.15, -0.1) is 22.7 Å². The van der Waals surface area contributed by atoms with Gasteiger partial charge in [0.1, 0.15) is 0 Å². The molecule has 118 valence electrons. The van der Waals surface area contributed by atoms with E-state index in [0.717, 1.165) is 29.9 Å². The molecule has 1 amide bonds. The van der Waals surface area contributed by atoms with Crippen molar-refractivity contribution in [3.05, 3.63) is 43.8 Å². The van der Waals surface area contributed by atoms with Crippen LogP contribution in [0.5, 0.6) is 0 Å². The van der Waals surface area contributed by atoms with Crippen molar-refractivity contribution in [3.8, 4) is 0 Å². The van der Waals surface area contributed by atoms with Crippen molar-refractivity contribution < 1.29 is 9.53 Å². The standard InChI is InChI=1S/C17H21NO2S2/c1-12-9-16(13(2)22-12)17(19)18(10-14-5-3-7-20-14)11-15-6-4-8-21-15/h4,6,8-9,14H,3,5,7,10-11H2,1-2H3. The zero-order valence-electron chi connectivity index (χ0n) is 13.0. The summed E-state index contributed by atoms with van der Waals surface area (Å²) in [5.41, 5.74) is 0.844. The van der Waals surface area contributed by atoms with E-state index in [1.165, 1.54) is 9.75 Å². The number of carbonyl (C=O) groups is 1. The van der Waals surface area contributed by atoms with Crippen molar-refractivity contribution in [2.45, 2.75) is 39.3 Å². The number of hydrogen-bond acceptors (Lipinski definition) is 4. The second-order valence-corrected chi connectivity index (χ2v) is 8.22. The molecule has 1 fully saturated rings. The Morgan fingerprint density at radius 3 is 2.91 bits per heavy atom. The van der Waals surface area contributed by atoms with Gasteiger partial charge in [-0.1, -0.05) is 6.07 Å². The summed E-state index contributed by atoms with van der Waals surface area (Å²) < 4.78 is 5.74. The highest BCUT2D eigenvalue weighted by Crippen LogP contribution is 2.24. The van der Waals surface area contributed by atoms with Gasteiger partial charge in [-0.25, -0.2) is 0 Å². The SMILES string of the molecule is Cc1cc(C(=O)N(Cc2cccs2)CC2CCCO2)c(C)s1. The van der Waals surface area contributed by atoms with E-state index in [0.29, 0.717) is 13.1 Å². The third-order valence-electron chi connectivity index (χ3n) is 3.93. The molecule has 3 nitrogen and oxygen atoms in total. The maximum Gasteiger partial charge on any atom is 0.255 e. The van der Waals surface area contributed by atoms with Crippen molar-refractivity contribution in [3.63, 3.8) is 0 Å². The summed E-state index contributed by atoms with van der Waals surface area (Å²) in [6.45, 7) is 6.26. The van der Waals surface area contributed by atoms with E-state index in [1.807, 2.05) is 24.0 Å². The first-order chi connectivity index (χ1) is 10.6. The number of hydrogen-bond donors (Lipinski definition) is 0. The molecule has 22 heavy (non-hydrogen) atoms. The Labute approximate surface area is 139 Å². The molecule has 1 unspecified atom stereocenters. The van der Waals surface area contributed by atoms with Gasteiger partial charge in [-0.05, 0) is 44.2 Å². The molecule has 2 aromatic rings. The third-order valence-corrected chi connectivity index (χ3v) is 5.76. The van der Waals surface area contributed by atoms with Crippen LogP contribution in [-0.2, 0) is 11.3 Å². The van der Waals surface area contributed by atoms with Gasteiger partial charge in [-0.2, -0.15) is 0 Å². The van der Waals surface area contributed by atoms with Crippen LogP contribution in [0.15, 0.2) is 23.6 Å². The molecule has 5 heteroatoms. The van der Waals surface area contributed by atoms with Gasteiger partial charge in [0.15, 0.2) is 0 Å². The highest BCUT2D eigenvalue weighted by atomic mass is 32.1. The van der Waals surface area contributed by atoms with Crippen molar-refractivity contribution in [2.75, 3.05) is 13.2 Å². The van der Waals surface area contributed by atoms with Crippen molar-refractivity contribution in [1.29, 1.82) is 0 Å². The monoisotopic (exact) mass is 335 g/mol. The molecule has 0 bridgehead atoms. The lowest BCUT2D eigenvalue weighted by molar-refractivity contribution is 0.0509. The van der Waals surface area contributed by atoms with Crippen LogP contribution in [0.25, 0.3) is 0 Å². The first kappa shape index (κ1) is 15.7. The lowest BCUT2D eigenvalue weighted by atomic mass is 10.1. The molecule has 3 rings (SSSR count). The first-order valence-electron chi connectivity index (χ1n) is 7.64. The van der Waals surface area contributed by atoms with Crippen LogP contribution in [0, 0.1) is 13.8 Å². The van der Waals surface area contributed by atoms with E-state index in [9.17, 15) is 4.79 Å². The van der Waals surface area contributed by atoms with Crippen LogP contribution < -0.4 is 0 Å². The summed E-state index contributed by atoms with van der Waals surface area (Å²) in [6.07, 6.45) is 2.34. The average molecular weight is 335 g/mol. The average Bonchev–Trinajstić information content (AvgIpc) is 3.20. The second-order valence-electron chi connectivity index (χ2n) is 5.73. The molecule has 0 spiro atoms. The molecule has 1 aliphatic heterocycles. The van der Waals surface area contributed by atoms with Crippen LogP contribution in [0.2, 0.25) is 0 Å². The number of thiophene rings is 2. The molecule has 0 aromatic carbocycles. The summed E-state index contributed by atoms with van der Waals surface area (Å²) in [7, 11) is 0. The molecule has 1 aliphatic rings. The molecule has 1 atom stereocenters. The Morgan fingerprint density at radius 1 is 1.45 bits per heavy atom. The molecule has 0 N–H and O–H groups in total. The van der Waals surface area contributed by atoms with Crippen LogP contribution in [0.3, 0.4) is 0 Å². The van der Waals surface area contributed by atoms with Gasteiger partial charge < -0.3 is 9.64 Å². The molecular weight excluding hydrogens is 314 g/mol. The quantitative estimate of drug-likeness (QED) is 0.817. The zero-order chi connectivity index (χ0) is 15.5. The predicted molar refractivity (Wildman–Crippen MR) is 91.8 cm³/mol. The summed E-state index contributed by atoms with van der Waals surface area (Å²) >= 11 is 3.39. The Kier molecular flexibility index (Phi) is 4.96. The second kappa shape index (κ2) is 6.94. The van der Waals surface area contributed by atoms with E-state index in [4.69, 9.17) is 4.74 Å². The van der Waals surface area contributed by atoms with E-state index < -0.39 is 0 Å². The fourth-order valence-corrected chi connectivity index (χ4v) is 4.49. The van der Waals surface area contributed by atoms with Crippen LogP contribution >= 0.6 is 22.7 Å². The Hall–Kier alpha value is -1.17. The summed E-state index contributed by atoms with van der Waals surface area (Å²) in [4.78, 5) is 18.4. The zero-order valence-corrected chi connectivity index (χ0v) is 14.6. The highest BCUT2D eigenvalue weighted by Gasteiger charge is 2.25. The fourth-order valence-electron chi connectivity index (χ4n) is 2.86. The summed E-state index contributed by atoms with van der Waals surface area (Å²) in [5, 5.41) is 2.06. The predicted octanol–water partition coefficient (Wildman–Crippen LogP) is 4.25. The number of carbonyl (C=O) groups excluding carboxylic acids is 1. The van der Waals surface area contributed by atoms with Gasteiger partial charge >= 0.3 is 0 Å². The molecule has 1 saturated heterocycles. The first-order valence-corrected chi connectivity index (χ1v) is 9.33. The van der Waals surface area contributed by atoms with Crippen LogP contribution in [0.4, 0.5) is 0 Å². The van der Waals surface area contributed by atoms with E-state index in [2.05, 4.69) is 18.4 Å². The number of rotatable bonds is 5. The number of ether oxygens (including phenoxy) is 1. The van der Waals surface area contributed by atoms with Crippen molar-refractivity contribution >= 4 is 28.6 Å². The topological polar surface area (TPSA) is 29.5 Å². The Bertz CT molecular complexity index is 627. The molecule has 0 aliphatic carbocycles. The summed E-state index contributed by atoms with van der Waals surface area (Å²) in [6, 6.07) is 6.14. The number of amides is 1. The highest BCUT2D eigenvalue weighted by molar-refractivity contribution is 7.12. The molecule has 0 saturated carbocycles. The van der Waals surface area contributed by atoms with Gasteiger partial charge in [-0.3, -0.25) is 4.79 Å². The lowest BCUT2D eigenvalue weighted by Crippen LogP contribution is -2.36. The van der Waals surface area contributed by atoms with Crippen LogP contribution in [-0.4, -0.2) is 30.1 Å². The van der Waals surface area contributed by atoms with Gasteiger partial charge in [0.2, 0.25) is 0 Å². The molecule has 3 heterocycles. The molecule has 2 aromatic heterocycles. The summed E-state index contributed by atoms with van der Waals surface area (Å²) in [5.74, 6) is 0.130. The maximum atomic E-state index is 13.0. The third kappa shape index (κ3) is 3.59. The normalized spacial score (nSPS) is 17.8. The Balaban J connectivity index is 1.79. The van der Waals surface area contributed by atoms with E-state index in [1.54, 1.807) is 22.7 Å². The Morgan fingerprint density at radius 2 is 2.32 bits per heavy atom. The number of aryl methyl sites for hydroxylation is 2.